The van der Waals surface area contributed by atoms with Crippen molar-refractivity contribution in [1.82, 2.24) is 15.1 Å². The highest BCUT2D eigenvalue weighted by atomic mass is 16.2. The SMILES string of the molecule is CC(=O)N1CCC(C(=O)NCCN2CCCCC2=O)CC1. The van der Waals surface area contributed by atoms with Gasteiger partial charge in [0.15, 0.2) is 0 Å². The van der Waals surface area contributed by atoms with Crippen molar-refractivity contribution in [2.45, 2.75) is 39.0 Å². The van der Waals surface area contributed by atoms with Crippen LogP contribution >= 0.6 is 0 Å². The number of piperidine rings is 2. The normalized spacial score (nSPS) is 20.5. The highest BCUT2D eigenvalue weighted by Crippen LogP contribution is 2.17. The molecule has 2 aliphatic rings. The molecule has 2 fully saturated rings. The average molecular weight is 295 g/mol. The summed E-state index contributed by atoms with van der Waals surface area (Å²) < 4.78 is 0. The van der Waals surface area contributed by atoms with E-state index in [9.17, 15) is 14.4 Å². The van der Waals surface area contributed by atoms with Crippen LogP contribution in [0.3, 0.4) is 0 Å². The number of amides is 3. The van der Waals surface area contributed by atoms with E-state index in [2.05, 4.69) is 5.32 Å². The maximum Gasteiger partial charge on any atom is 0.223 e. The molecule has 2 rings (SSSR count). The van der Waals surface area contributed by atoms with Crippen molar-refractivity contribution in [1.29, 1.82) is 0 Å². The molecule has 2 heterocycles. The second-order valence-electron chi connectivity index (χ2n) is 5.91. The largest absolute Gasteiger partial charge is 0.354 e. The number of carbonyl (C=O) groups is 3. The van der Waals surface area contributed by atoms with E-state index in [1.807, 2.05) is 4.90 Å². The van der Waals surface area contributed by atoms with Crippen LogP contribution in [0, 0.1) is 5.92 Å². The molecule has 21 heavy (non-hydrogen) atoms. The van der Waals surface area contributed by atoms with Gasteiger partial charge in [-0.15, -0.1) is 0 Å². The second-order valence-corrected chi connectivity index (χ2v) is 5.91. The molecule has 0 unspecified atom stereocenters. The van der Waals surface area contributed by atoms with Gasteiger partial charge in [0.25, 0.3) is 0 Å². The maximum atomic E-state index is 12.1. The molecule has 1 N–H and O–H groups in total. The Kier molecular flexibility index (Phi) is 5.59. The van der Waals surface area contributed by atoms with E-state index in [-0.39, 0.29) is 23.6 Å². The van der Waals surface area contributed by atoms with Gasteiger partial charge in [-0.05, 0) is 25.7 Å². The Morgan fingerprint density at radius 1 is 1.19 bits per heavy atom. The molecule has 118 valence electrons. The van der Waals surface area contributed by atoms with Gasteiger partial charge < -0.3 is 15.1 Å². The minimum Gasteiger partial charge on any atom is -0.354 e. The highest BCUT2D eigenvalue weighted by Gasteiger charge is 2.26. The minimum atomic E-state index is -0.00217. The lowest BCUT2D eigenvalue weighted by molar-refractivity contribution is -0.134. The summed E-state index contributed by atoms with van der Waals surface area (Å²) in [5.41, 5.74) is 0. The quantitative estimate of drug-likeness (QED) is 0.815. The van der Waals surface area contributed by atoms with Crippen LogP contribution in [0.25, 0.3) is 0 Å². The Bertz CT molecular complexity index is 403. The van der Waals surface area contributed by atoms with Crippen molar-refractivity contribution in [2.24, 2.45) is 5.92 Å². The molecule has 0 spiro atoms. The van der Waals surface area contributed by atoms with E-state index in [4.69, 9.17) is 0 Å². The molecule has 0 radical (unpaired) electrons. The molecule has 0 aromatic carbocycles. The van der Waals surface area contributed by atoms with E-state index < -0.39 is 0 Å². The molecular weight excluding hydrogens is 270 g/mol. The molecule has 0 saturated carbocycles. The number of likely N-dealkylation sites (tertiary alicyclic amines) is 2. The van der Waals surface area contributed by atoms with Crippen LogP contribution in [0.15, 0.2) is 0 Å². The monoisotopic (exact) mass is 295 g/mol. The predicted octanol–water partition coefficient (Wildman–Crippen LogP) is 0.374. The number of hydrogen-bond acceptors (Lipinski definition) is 3. The number of carbonyl (C=O) groups excluding carboxylic acids is 3. The zero-order valence-corrected chi connectivity index (χ0v) is 12.8. The first-order valence-corrected chi connectivity index (χ1v) is 7.89. The first-order chi connectivity index (χ1) is 10.1. The smallest absolute Gasteiger partial charge is 0.223 e. The van der Waals surface area contributed by atoms with Crippen molar-refractivity contribution < 1.29 is 14.4 Å². The summed E-state index contributed by atoms with van der Waals surface area (Å²) in [5.74, 6) is 0.336. The number of hydrogen-bond donors (Lipinski definition) is 1. The van der Waals surface area contributed by atoms with Gasteiger partial charge in [0.1, 0.15) is 0 Å². The van der Waals surface area contributed by atoms with Crippen LogP contribution < -0.4 is 5.32 Å². The number of rotatable bonds is 4. The van der Waals surface area contributed by atoms with E-state index >= 15 is 0 Å². The Morgan fingerprint density at radius 2 is 1.90 bits per heavy atom. The standard InChI is InChI=1S/C15H25N3O3/c1-12(19)17-9-5-13(6-10-17)15(21)16-7-11-18-8-3-2-4-14(18)20/h13H,2-11H2,1H3,(H,16,21). The number of nitrogens with one attached hydrogen (secondary N) is 1. The van der Waals surface area contributed by atoms with E-state index in [1.54, 1.807) is 11.8 Å². The van der Waals surface area contributed by atoms with Crippen LogP contribution in [0.5, 0.6) is 0 Å². The Morgan fingerprint density at radius 3 is 2.52 bits per heavy atom. The zero-order valence-electron chi connectivity index (χ0n) is 12.8. The molecule has 0 aromatic heterocycles. The molecule has 0 aliphatic carbocycles. The van der Waals surface area contributed by atoms with Gasteiger partial charge in [-0.3, -0.25) is 14.4 Å². The molecule has 0 aromatic rings. The van der Waals surface area contributed by atoms with Gasteiger partial charge in [0.05, 0.1) is 0 Å². The van der Waals surface area contributed by atoms with Crippen molar-refractivity contribution in [3.63, 3.8) is 0 Å². The Balaban J connectivity index is 1.66. The maximum absolute atomic E-state index is 12.1. The molecule has 0 atom stereocenters. The molecule has 0 bridgehead atoms. The van der Waals surface area contributed by atoms with Crippen LogP contribution in [-0.4, -0.2) is 60.2 Å². The summed E-state index contributed by atoms with van der Waals surface area (Å²) in [6, 6.07) is 0. The third-order valence-electron chi connectivity index (χ3n) is 4.41. The van der Waals surface area contributed by atoms with E-state index in [0.717, 1.165) is 32.2 Å². The molecule has 6 nitrogen and oxygen atoms in total. The molecule has 3 amide bonds. The minimum absolute atomic E-state index is 0.00217. The van der Waals surface area contributed by atoms with E-state index in [1.165, 1.54) is 0 Å². The Hall–Kier alpha value is -1.59. The Labute approximate surface area is 125 Å². The van der Waals surface area contributed by atoms with E-state index in [0.29, 0.717) is 32.6 Å². The third-order valence-corrected chi connectivity index (χ3v) is 4.41. The fourth-order valence-corrected chi connectivity index (χ4v) is 3.01. The van der Waals surface area contributed by atoms with Gasteiger partial charge in [0, 0.05) is 52.0 Å². The topological polar surface area (TPSA) is 69.7 Å². The highest BCUT2D eigenvalue weighted by molar-refractivity contribution is 5.80. The van der Waals surface area contributed by atoms with Crippen LogP contribution in [-0.2, 0) is 14.4 Å². The van der Waals surface area contributed by atoms with Gasteiger partial charge in [0.2, 0.25) is 17.7 Å². The van der Waals surface area contributed by atoms with Crippen LogP contribution in [0.1, 0.15) is 39.0 Å². The summed E-state index contributed by atoms with van der Waals surface area (Å²) in [5, 5.41) is 2.93. The molecular formula is C15H25N3O3. The van der Waals surface area contributed by atoms with Crippen molar-refractivity contribution in [2.75, 3.05) is 32.7 Å². The lowest BCUT2D eigenvalue weighted by atomic mass is 9.96. The van der Waals surface area contributed by atoms with Gasteiger partial charge >= 0.3 is 0 Å². The van der Waals surface area contributed by atoms with Gasteiger partial charge in [-0.1, -0.05) is 0 Å². The fourth-order valence-electron chi connectivity index (χ4n) is 3.01. The van der Waals surface area contributed by atoms with Crippen LogP contribution in [0.2, 0.25) is 0 Å². The summed E-state index contributed by atoms with van der Waals surface area (Å²) in [6.07, 6.45) is 4.14. The summed E-state index contributed by atoms with van der Waals surface area (Å²) in [6.45, 7) is 4.84. The van der Waals surface area contributed by atoms with Gasteiger partial charge in [-0.25, -0.2) is 0 Å². The summed E-state index contributed by atoms with van der Waals surface area (Å²) in [7, 11) is 0. The lowest BCUT2D eigenvalue weighted by Crippen LogP contribution is -2.45. The molecule has 6 heteroatoms. The average Bonchev–Trinajstić information content (AvgIpc) is 2.49. The third kappa shape index (κ3) is 4.44. The second kappa shape index (κ2) is 7.43. The predicted molar refractivity (Wildman–Crippen MR) is 78.4 cm³/mol. The number of nitrogens with zero attached hydrogens (tertiary/aromatic N) is 2. The van der Waals surface area contributed by atoms with Crippen molar-refractivity contribution in [3.8, 4) is 0 Å². The lowest BCUT2D eigenvalue weighted by Gasteiger charge is -2.31. The zero-order chi connectivity index (χ0) is 15.2. The summed E-state index contributed by atoms with van der Waals surface area (Å²) >= 11 is 0. The summed E-state index contributed by atoms with van der Waals surface area (Å²) in [4.78, 5) is 38.6. The first-order valence-electron chi connectivity index (χ1n) is 7.89. The molecule has 2 aliphatic heterocycles. The van der Waals surface area contributed by atoms with Crippen molar-refractivity contribution >= 4 is 17.7 Å². The van der Waals surface area contributed by atoms with Crippen molar-refractivity contribution in [3.05, 3.63) is 0 Å². The van der Waals surface area contributed by atoms with Gasteiger partial charge in [-0.2, -0.15) is 0 Å². The molecule has 2 saturated heterocycles. The van der Waals surface area contributed by atoms with Crippen LogP contribution in [0.4, 0.5) is 0 Å². The first kappa shape index (κ1) is 15.8. The fraction of sp³-hybridized carbons (Fsp3) is 0.800.